The fraction of sp³-hybridized carbons (Fsp3) is 0.176. The molecular formula is C34H21F3N4O4S2. The maximum absolute atomic E-state index is 13.9. The molecule has 1 atom stereocenters. The molecule has 5 rings (SSSR count). The molecule has 0 heterocycles. The summed E-state index contributed by atoms with van der Waals surface area (Å²) in [5, 5.41) is 19.9. The van der Waals surface area contributed by atoms with Crippen molar-refractivity contribution in [3.63, 3.8) is 0 Å². The van der Waals surface area contributed by atoms with Crippen molar-refractivity contribution in [3.05, 3.63) is 143 Å². The van der Waals surface area contributed by atoms with Crippen LogP contribution in [0.15, 0.2) is 76.0 Å². The molecular weight excluding hydrogens is 650 g/mol. The van der Waals surface area contributed by atoms with Gasteiger partial charge >= 0.3 is 12.0 Å². The van der Waals surface area contributed by atoms with E-state index in [0.29, 0.717) is 5.56 Å². The molecule has 47 heavy (non-hydrogen) atoms. The van der Waals surface area contributed by atoms with E-state index in [1.54, 1.807) is 43.3 Å². The Labute approximate surface area is 270 Å². The lowest BCUT2D eigenvalue weighted by Crippen LogP contribution is -2.31. The van der Waals surface area contributed by atoms with E-state index >= 15 is 0 Å². The Kier molecular flexibility index (Phi) is 8.53. The highest BCUT2D eigenvalue weighted by Crippen LogP contribution is 2.40. The summed E-state index contributed by atoms with van der Waals surface area (Å²) in [6, 6.07) is 14.6. The summed E-state index contributed by atoms with van der Waals surface area (Å²) in [7, 11) is -4.23. The van der Waals surface area contributed by atoms with Gasteiger partial charge in [-0.2, -0.15) is 33.4 Å². The van der Waals surface area contributed by atoms with Gasteiger partial charge in [0.25, 0.3) is 0 Å². The van der Waals surface area contributed by atoms with E-state index in [1.807, 2.05) is 0 Å². The number of fused-ring (bicyclic) bond motifs is 2. The predicted molar refractivity (Wildman–Crippen MR) is 167 cm³/mol. The van der Waals surface area contributed by atoms with Crippen molar-refractivity contribution in [2.24, 2.45) is 0 Å². The molecule has 3 aromatic rings. The van der Waals surface area contributed by atoms with Crippen molar-refractivity contribution in [1.29, 1.82) is 10.5 Å². The highest BCUT2D eigenvalue weighted by atomic mass is 32.2. The number of sulfone groups is 1. The summed E-state index contributed by atoms with van der Waals surface area (Å²) in [5.41, 5.74) is 0.425. The quantitative estimate of drug-likeness (QED) is 0.230. The van der Waals surface area contributed by atoms with Gasteiger partial charge in [0.1, 0.15) is 30.9 Å². The SMILES string of the molecule is [C-]#[N+]C([N+]#[C-])=C1Cc2c(CS(=O)O)c3c(c(S(C)(=O)=O)c2=C1c1cccc(C)c1)CC(=C(C#N)C#N)C=3c1cccc(C(F)(F)F)c1. The molecule has 0 aliphatic heterocycles. The summed E-state index contributed by atoms with van der Waals surface area (Å²) >= 11 is -2.56. The normalized spacial score (nSPS) is 14.4. The highest BCUT2D eigenvalue weighted by molar-refractivity contribution is 7.90. The maximum Gasteiger partial charge on any atom is 0.523 e. The number of aryl methyl sites for hydroxylation is 1. The number of allylic oxidation sites excluding steroid dienone is 3. The van der Waals surface area contributed by atoms with Crippen molar-refractivity contribution < 1.29 is 30.4 Å². The summed E-state index contributed by atoms with van der Waals surface area (Å²) in [5.74, 6) is -0.939. The first-order valence-electron chi connectivity index (χ1n) is 13.7. The Balaban J connectivity index is 2.18. The molecule has 0 fully saturated rings. The molecule has 8 nitrogen and oxygen atoms in total. The zero-order chi connectivity index (χ0) is 34.4. The van der Waals surface area contributed by atoms with Gasteiger partial charge in [0, 0.05) is 17.9 Å². The second kappa shape index (κ2) is 12.1. The van der Waals surface area contributed by atoms with Crippen LogP contribution in [0, 0.1) is 42.7 Å². The third kappa shape index (κ3) is 5.78. The average molecular weight is 671 g/mol. The molecule has 0 amide bonds. The van der Waals surface area contributed by atoms with Crippen molar-refractivity contribution in [2.45, 2.75) is 36.6 Å². The third-order valence-corrected chi connectivity index (χ3v) is 9.74. The first-order chi connectivity index (χ1) is 22.2. The number of hydrogen-bond acceptors (Lipinski definition) is 5. The fourth-order valence-corrected chi connectivity index (χ4v) is 8.14. The third-order valence-electron chi connectivity index (χ3n) is 8.01. The van der Waals surface area contributed by atoms with Crippen LogP contribution in [0.3, 0.4) is 0 Å². The minimum absolute atomic E-state index is 0.0286. The Bertz CT molecular complexity index is 2400. The van der Waals surface area contributed by atoms with E-state index in [2.05, 4.69) is 9.69 Å². The monoisotopic (exact) mass is 670 g/mol. The molecule has 0 saturated carbocycles. The molecule has 1 unspecified atom stereocenters. The van der Waals surface area contributed by atoms with E-state index < -0.39 is 44.0 Å². The maximum atomic E-state index is 13.9. The largest absolute Gasteiger partial charge is 0.523 e. The van der Waals surface area contributed by atoms with Crippen molar-refractivity contribution in [3.8, 4) is 12.1 Å². The van der Waals surface area contributed by atoms with Crippen LogP contribution >= 0.6 is 0 Å². The number of nitrogens with zero attached hydrogens (tertiary/aromatic N) is 4. The molecule has 3 aromatic carbocycles. The molecule has 1 N–H and O–H groups in total. The molecule has 0 radical (unpaired) electrons. The molecule has 13 heteroatoms. The van der Waals surface area contributed by atoms with Crippen LogP contribution in [0.2, 0.25) is 0 Å². The van der Waals surface area contributed by atoms with Crippen LogP contribution in [0.5, 0.6) is 0 Å². The topological polar surface area (TPSA) is 128 Å². The first kappa shape index (κ1) is 33.1. The van der Waals surface area contributed by atoms with E-state index in [1.165, 1.54) is 6.07 Å². The lowest BCUT2D eigenvalue weighted by atomic mass is 9.93. The number of halogens is 3. The fourth-order valence-electron chi connectivity index (χ4n) is 6.35. The highest BCUT2D eigenvalue weighted by Gasteiger charge is 2.39. The van der Waals surface area contributed by atoms with E-state index in [4.69, 9.17) is 13.1 Å². The number of rotatable bonds is 5. The van der Waals surface area contributed by atoms with E-state index in [-0.39, 0.29) is 78.5 Å². The number of benzene rings is 3. The van der Waals surface area contributed by atoms with Crippen LogP contribution in [-0.2, 0) is 45.7 Å². The van der Waals surface area contributed by atoms with Gasteiger partial charge in [-0.15, -0.1) is 0 Å². The van der Waals surface area contributed by atoms with Crippen LogP contribution < -0.4 is 10.4 Å². The zero-order valence-electron chi connectivity index (χ0n) is 24.7. The molecule has 2 aliphatic carbocycles. The van der Waals surface area contributed by atoms with Gasteiger partial charge in [0.05, 0.1) is 21.8 Å². The number of hydrogen-bond donors (Lipinski definition) is 1. The smallest absolute Gasteiger partial charge is 0.306 e. The van der Waals surface area contributed by atoms with E-state index in [0.717, 1.165) is 30.0 Å². The zero-order valence-corrected chi connectivity index (χ0v) is 26.3. The van der Waals surface area contributed by atoms with Crippen LogP contribution in [-0.4, -0.2) is 23.4 Å². The molecule has 0 aromatic heterocycles. The summed E-state index contributed by atoms with van der Waals surface area (Å²) in [6.45, 7) is 17.2. The van der Waals surface area contributed by atoms with Gasteiger partial charge in [-0.25, -0.2) is 12.6 Å². The lowest BCUT2D eigenvalue weighted by Gasteiger charge is -2.15. The van der Waals surface area contributed by atoms with Gasteiger partial charge in [-0.3, -0.25) is 0 Å². The van der Waals surface area contributed by atoms with Crippen molar-refractivity contribution in [1.82, 2.24) is 0 Å². The Morgan fingerprint density at radius 2 is 1.53 bits per heavy atom. The minimum Gasteiger partial charge on any atom is -0.306 e. The summed E-state index contributed by atoms with van der Waals surface area (Å²) in [6.07, 6.45) is -4.39. The lowest BCUT2D eigenvalue weighted by molar-refractivity contribution is -0.137. The van der Waals surface area contributed by atoms with Gasteiger partial charge < -0.3 is 4.55 Å². The standard InChI is InChI=1S/C34H21F3N4O4S2/c1-18-7-5-8-19(11-18)29-26(33(40-2)41-3)14-24-27(17-46(42)43)30-25(32(31(24)29)47(4,44)45)13-23(21(15-38)16-39)28(30)20-9-6-10-22(12-20)34(35,36)37/h5-12H,13-14,17H2,1,4H3,(H,42,43). The van der Waals surface area contributed by atoms with E-state index in [9.17, 15) is 40.9 Å². The van der Waals surface area contributed by atoms with Gasteiger partial charge in [0.2, 0.25) is 0 Å². The van der Waals surface area contributed by atoms with Crippen LogP contribution in [0.1, 0.15) is 38.9 Å². The van der Waals surface area contributed by atoms with Gasteiger partial charge in [-0.1, -0.05) is 42.0 Å². The second-order valence-electron chi connectivity index (χ2n) is 10.9. The van der Waals surface area contributed by atoms with Crippen molar-refractivity contribution in [2.75, 3.05) is 6.26 Å². The minimum atomic E-state index is -4.77. The Morgan fingerprint density at radius 3 is 2.06 bits per heavy atom. The number of nitriles is 2. The second-order valence-corrected chi connectivity index (χ2v) is 13.8. The molecule has 2 aliphatic rings. The van der Waals surface area contributed by atoms with Crippen LogP contribution in [0.25, 0.3) is 20.8 Å². The Morgan fingerprint density at radius 1 is 0.957 bits per heavy atom. The van der Waals surface area contributed by atoms with Crippen LogP contribution in [0.4, 0.5) is 13.2 Å². The summed E-state index contributed by atoms with van der Waals surface area (Å²) in [4.78, 5) is 6.52. The molecule has 0 spiro atoms. The average Bonchev–Trinajstić information content (AvgIpc) is 3.57. The molecule has 0 saturated heterocycles. The summed E-state index contributed by atoms with van der Waals surface area (Å²) < 4.78 is 92.0. The Hall–Kier alpha value is -5.31. The first-order valence-corrected chi connectivity index (χ1v) is 16.8. The van der Waals surface area contributed by atoms with Crippen molar-refractivity contribution >= 4 is 32.1 Å². The predicted octanol–water partition coefficient (Wildman–Crippen LogP) is 5.04. The van der Waals surface area contributed by atoms with Gasteiger partial charge in [-0.05, 0) is 75.2 Å². The molecule has 0 bridgehead atoms. The number of alkyl halides is 3. The van der Waals surface area contributed by atoms with Gasteiger partial charge in [0.15, 0.2) is 20.9 Å². The molecule has 234 valence electrons.